The zero-order valence-corrected chi connectivity index (χ0v) is 12.1. The summed E-state index contributed by atoms with van der Waals surface area (Å²) >= 11 is 0. The molecule has 1 N–H and O–H groups in total. The summed E-state index contributed by atoms with van der Waals surface area (Å²) in [5.41, 5.74) is 1.99. The minimum atomic E-state index is -0.704. The highest BCUT2D eigenvalue weighted by molar-refractivity contribution is 5.91. The van der Waals surface area contributed by atoms with Crippen molar-refractivity contribution >= 4 is 5.91 Å². The summed E-state index contributed by atoms with van der Waals surface area (Å²) in [6, 6.07) is 8.62. The number of carbonyl (C=O) groups is 1. The number of hydrogen-bond acceptors (Lipinski definition) is 4. The maximum Gasteiger partial charge on any atom is 0.273 e. The Balaban J connectivity index is 2.51. The van der Waals surface area contributed by atoms with Crippen LogP contribution in [0.3, 0.4) is 0 Å². The summed E-state index contributed by atoms with van der Waals surface area (Å²) in [5, 5.41) is 23.1. The summed E-state index contributed by atoms with van der Waals surface area (Å²) < 4.78 is 1.50. The van der Waals surface area contributed by atoms with E-state index in [0.29, 0.717) is 22.5 Å². The molecule has 108 valence electrons. The van der Waals surface area contributed by atoms with E-state index >= 15 is 0 Å². The van der Waals surface area contributed by atoms with Gasteiger partial charge in [0.25, 0.3) is 5.91 Å². The van der Waals surface area contributed by atoms with Crippen LogP contribution in [0, 0.1) is 11.3 Å². The molecule has 0 bridgehead atoms. The maximum atomic E-state index is 11.9. The lowest BCUT2D eigenvalue weighted by atomic mass is 10.1. The monoisotopic (exact) mass is 284 g/mol. The summed E-state index contributed by atoms with van der Waals surface area (Å²) in [4.78, 5) is 13.3. The van der Waals surface area contributed by atoms with Crippen molar-refractivity contribution in [2.75, 3.05) is 14.1 Å². The predicted octanol–water partition coefficient (Wildman–Crippen LogP) is 1.50. The van der Waals surface area contributed by atoms with E-state index < -0.39 is 6.10 Å². The number of aliphatic hydroxyl groups excluding tert-OH is 1. The Morgan fingerprint density at radius 2 is 2.14 bits per heavy atom. The fourth-order valence-corrected chi connectivity index (χ4v) is 1.97. The third-order valence-corrected chi connectivity index (χ3v) is 3.07. The molecule has 0 fully saturated rings. The minimum absolute atomic E-state index is 0.205. The number of nitrogens with zero attached hydrogens (tertiary/aromatic N) is 4. The molecule has 0 aliphatic heterocycles. The largest absolute Gasteiger partial charge is 0.389 e. The first kappa shape index (κ1) is 14.8. The van der Waals surface area contributed by atoms with Gasteiger partial charge in [0.1, 0.15) is 0 Å². The van der Waals surface area contributed by atoms with Gasteiger partial charge >= 0.3 is 0 Å². The summed E-state index contributed by atoms with van der Waals surface area (Å²) in [6.07, 6.45) is 0.934. The average Bonchev–Trinajstić information content (AvgIpc) is 2.95. The van der Waals surface area contributed by atoms with E-state index in [1.54, 1.807) is 51.5 Å². The topological polar surface area (TPSA) is 82.1 Å². The fraction of sp³-hybridized carbons (Fsp3) is 0.267. The highest BCUT2D eigenvalue weighted by Gasteiger charge is 2.15. The van der Waals surface area contributed by atoms with Crippen LogP contribution in [-0.2, 0) is 0 Å². The summed E-state index contributed by atoms with van der Waals surface area (Å²) in [6.45, 7) is 1.64. The highest BCUT2D eigenvalue weighted by atomic mass is 16.3. The molecule has 6 heteroatoms. The van der Waals surface area contributed by atoms with Gasteiger partial charge in [0.05, 0.1) is 23.4 Å². The number of benzene rings is 1. The molecular formula is C15H16N4O2. The van der Waals surface area contributed by atoms with Crippen LogP contribution in [0.5, 0.6) is 0 Å². The lowest BCUT2D eigenvalue weighted by molar-refractivity contribution is 0.0821. The first-order valence-corrected chi connectivity index (χ1v) is 6.44. The van der Waals surface area contributed by atoms with Gasteiger partial charge in [0, 0.05) is 25.9 Å². The Kier molecular flexibility index (Phi) is 4.05. The van der Waals surface area contributed by atoms with Crippen LogP contribution in [0.15, 0.2) is 30.5 Å². The van der Waals surface area contributed by atoms with Gasteiger partial charge < -0.3 is 10.0 Å². The Hall–Kier alpha value is -2.65. The number of aliphatic hydroxyl groups is 1. The zero-order chi connectivity index (χ0) is 15.6. The standard InChI is InChI=1S/C15H16N4O2/c1-10(20)12-5-4-11(9-16)8-14(12)19-7-6-13(17-19)15(21)18(2)3/h4-8,10,20H,1-3H3. The molecule has 1 amide bonds. The number of amides is 1. The van der Waals surface area contributed by atoms with Crippen LogP contribution >= 0.6 is 0 Å². The maximum absolute atomic E-state index is 11.9. The van der Waals surface area contributed by atoms with E-state index in [1.807, 2.05) is 0 Å². The minimum Gasteiger partial charge on any atom is -0.389 e. The first-order chi connectivity index (χ1) is 9.93. The van der Waals surface area contributed by atoms with Crippen molar-refractivity contribution < 1.29 is 9.90 Å². The Labute approximate surface area is 122 Å². The van der Waals surface area contributed by atoms with Gasteiger partial charge in [-0.3, -0.25) is 4.79 Å². The van der Waals surface area contributed by atoms with Crippen LogP contribution in [0.25, 0.3) is 5.69 Å². The van der Waals surface area contributed by atoms with Crippen molar-refractivity contribution in [2.24, 2.45) is 0 Å². The third kappa shape index (κ3) is 2.93. The molecule has 1 atom stereocenters. The molecular weight excluding hydrogens is 268 g/mol. The first-order valence-electron chi connectivity index (χ1n) is 6.44. The van der Waals surface area contributed by atoms with Gasteiger partial charge in [-0.05, 0) is 25.1 Å². The number of hydrogen-bond donors (Lipinski definition) is 1. The van der Waals surface area contributed by atoms with E-state index in [0.717, 1.165) is 0 Å². The Morgan fingerprint density at radius 1 is 1.43 bits per heavy atom. The number of aromatic nitrogens is 2. The Bertz CT molecular complexity index is 711. The normalized spacial score (nSPS) is 11.8. The second-order valence-corrected chi connectivity index (χ2v) is 4.91. The quantitative estimate of drug-likeness (QED) is 0.926. The van der Waals surface area contributed by atoms with E-state index in [-0.39, 0.29) is 5.91 Å². The molecule has 1 aromatic carbocycles. The smallest absolute Gasteiger partial charge is 0.273 e. The van der Waals surface area contributed by atoms with Crippen molar-refractivity contribution in [3.8, 4) is 11.8 Å². The number of rotatable bonds is 3. The van der Waals surface area contributed by atoms with Crippen molar-refractivity contribution in [3.63, 3.8) is 0 Å². The molecule has 0 aliphatic carbocycles. The molecule has 0 saturated carbocycles. The second kappa shape index (κ2) is 5.77. The van der Waals surface area contributed by atoms with E-state index in [4.69, 9.17) is 5.26 Å². The molecule has 2 aromatic rings. The van der Waals surface area contributed by atoms with Gasteiger partial charge in [0.15, 0.2) is 5.69 Å². The molecule has 1 heterocycles. The molecule has 6 nitrogen and oxygen atoms in total. The van der Waals surface area contributed by atoms with Gasteiger partial charge in [0.2, 0.25) is 0 Å². The van der Waals surface area contributed by atoms with Gasteiger partial charge in [-0.1, -0.05) is 6.07 Å². The van der Waals surface area contributed by atoms with Crippen LogP contribution in [0.2, 0.25) is 0 Å². The highest BCUT2D eigenvalue weighted by Crippen LogP contribution is 2.22. The van der Waals surface area contributed by atoms with Crippen molar-refractivity contribution in [2.45, 2.75) is 13.0 Å². The molecule has 1 aromatic heterocycles. The van der Waals surface area contributed by atoms with Crippen molar-refractivity contribution in [1.82, 2.24) is 14.7 Å². The number of carbonyl (C=O) groups excluding carboxylic acids is 1. The van der Waals surface area contributed by atoms with E-state index in [2.05, 4.69) is 11.2 Å². The van der Waals surface area contributed by atoms with Crippen LogP contribution in [0.4, 0.5) is 0 Å². The molecule has 0 aliphatic rings. The molecule has 2 rings (SSSR count). The van der Waals surface area contributed by atoms with Crippen molar-refractivity contribution in [3.05, 3.63) is 47.3 Å². The van der Waals surface area contributed by atoms with E-state index in [1.165, 1.54) is 9.58 Å². The fourth-order valence-electron chi connectivity index (χ4n) is 1.97. The van der Waals surface area contributed by atoms with Crippen LogP contribution in [-0.4, -0.2) is 39.8 Å². The molecule has 1 unspecified atom stereocenters. The van der Waals surface area contributed by atoms with E-state index in [9.17, 15) is 9.90 Å². The number of nitriles is 1. The molecule has 0 radical (unpaired) electrons. The van der Waals surface area contributed by atoms with Gasteiger partial charge in [-0.2, -0.15) is 10.4 Å². The molecule has 0 saturated heterocycles. The Morgan fingerprint density at radius 3 is 2.71 bits per heavy atom. The van der Waals surface area contributed by atoms with Crippen molar-refractivity contribution in [1.29, 1.82) is 5.26 Å². The zero-order valence-electron chi connectivity index (χ0n) is 12.1. The van der Waals surface area contributed by atoms with Gasteiger partial charge in [-0.25, -0.2) is 4.68 Å². The van der Waals surface area contributed by atoms with Gasteiger partial charge in [-0.15, -0.1) is 0 Å². The lowest BCUT2D eigenvalue weighted by Crippen LogP contribution is -2.22. The second-order valence-electron chi connectivity index (χ2n) is 4.91. The lowest BCUT2D eigenvalue weighted by Gasteiger charge is -2.12. The van der Waals surface area contributed by atoms with Crippen LogP contribution < -0.4 is 0 Å². The third-order valence-electron chi connectivity index (χ3n) is 3.07. The van der Waals surface area contributed by atoms with Crippen LogP contribution in [0.1, 0.15) is 34.6 Å². The predicted molar refractivity (Wildman–Crippen MR) is 76.9 cm³/mol. The summed E-state index contributed by atoms with van der Waals surface area (Å²) in [5.74, 6) is -0.205. The molecule has 21 heavy (non-hydrogen) atoms. The molecule has 0 spiro atoms. The SMILES string of the molecule is CC(O)c1ccc(C#N)cc1-n1ccc(C(=O)N(C)C)n1. The summed E-state index contributed by atoms with van der Waals surface area (Å²) in [7, 11) is 3.30. The average molecular weight is 284 g/mol.